The van der Waals surface area contributed by atoms with Crippen molar-refractivity contribution in [1.82, 2.24) is 9.55 Å². The average molecular weight is 418 g/mol. The zero-order valence-electron chi connectivity index (χ0n) is 17.9. The summed E-state index contributed by atoms with van der Waals surface area (Å²) in [4.78, 5) is 32.8. The second-order valence-electron chi connectivity index (χ2n) is 8.08. The van der Waals surface area contributed by atoms with Crippen molar-refractivity contribution < 1.29 is 14.7 Å². The standard InChI is InChI=1S/C25H27N3O3/c1-17-9-6-7-13-20(17)23-26-24-22(28(23)16-18-10-4-3-5-11-18)21(30)15-19(12-8-14-29)25(31)27(24)2/h3-7,9-11,13,19,29H,8,12,14-16H2,1-2H3. The minimum atomic E-state index is -0.439. The Bertz CT molecular complexity index is 1100. The Morgan fingerprint density at radius 2 is 1.77 bits per heavy atom. The summed E-state index contributed by atoms with van der Waals surface area (Å²) in [6.07, 6.45) is 1.11. The van der Waals surface area contributed by atoms with Gasteiger partial charge in [-0.15, -0.1) is 0 Å². The third-order valence-corrected chi connectivity index (χ3v) is 5.92. The second kappa shape index (κ2) is 8.86. The number of hydrogen-bond donors (Lipinski definition) is 1. The summed E-state index contributed by atoms with van der Waals surface area (Å²) in [6.45, 7) is 2.51. The minimum absolute atomic E-state index is 0.00451. The minimum Gasteiger partial charge on any atom is -0.396 e. The van der Waals surface area contributed by atoms with E-state index >= 15 is 0 Å². The topological polar surface area (TPSA) is 75.4 Å². The molecule has 4 rings (SSSR count). The number of aromatic nitrogens is 2. The molecule has 1 unspecified atom stereocenters. The molecule has 0 radical (unpaired) electrons. The van der Waals surface area contributed by atoms with Gasteiger partial charge in [0.05, 0.1) is 0 Å². The molecule has 1 N–H and O–H groups in total. The molecule has 3 aromatic rings. The number of aryl methyl sites for hydroxylation is 1. The van der Waals surface area contributed by atoms with Crippen molar-refractivity contribution >= 4 is 17.5 Å². The zero-order chi connectivity index (χ0) is 22.0. The number of aliphatic hydroxyl groups is 1. The monoisotopic (exact) mass is 417 g/mol. The normalized spacial score (nSPS) is 16.4. The van der Waals surface area contributed by atoms with Crippen molar-refractivity contribution in [2.45, 2.75) is 32.7 Å². The Morgan fingerprint density at radius 3 is 2.48 bits per heavy atom. The number of Topliss-reactive ketones (excluding diaryl/α,β-unsaturated/α-hetero) is 1. The van der Waals surface area contributed by atoms with Crippen LogP contribution in [0, 0.1) is 12.8 Å². The van der Waals surface area contributed by atoms with Gasteiger partial charge in [0.2, 0.25) is 5.91 Å². The maximum atomic E-state index is 13.4. The van der Waals surface area contributed by atoms with E-state index < -0.39 is 5.92 Å². The van der Waals surface area contributed by atoms with Gasteiger partial charge >= 0.3 is 0 Å². The highest BCUT2D eigenvalue weighted by Gasteiger charge is 2.37. The highest BCUT2D eigenvalue weighted by atomic mass is 16.3. The first-order valence-electron chi connectivity index (χ1n) is 10.6. The molecule has 0 bridgehead atoms. The lowest BCUT2D eigenvalue weighted by Gasteiger charge is -2.18. The fraction of sp³-hybridized carbons (Fsp3) is 0.320. The predicted molar refractivity (Wildman–Crippen MR) is 120 cm³/mol. The predicted octanol–water partition coefficient (Wildman–Crippen LogP) is 3.84. The van der Waals surface area contributed by atoms with E-state index in [0.29, 0.717) is 36.7 Å². The molecule has 1 aromatic heterocycles. The van der Waals surface area contributed by atoms with Gasteiger partial charge in [0.25, 0.3) is 0 Å². The van der Waals surface area contributed by atoms with Crippen LogP contribution in [0.1, 0.15) is 40.9 Å². The molecule has 0 saturated heterocycles. The van der Waals surface area contributed by atoms with Crippen LogP contribution in [0.3, 0.4) is 0 Å². The molecule has 1 aliphatic rings. The fourth-order valence-electron chi connectivity index (χ4n) is 4.25. The lowest BCUT2D eigenvalue weighted by molar-refractivity contribution is -0.122. The Balaban J connectivity index is 1.87. The number of hydrogen-bond acceptors (Lipinski definition) is 4. The van der Waals surface area contributed by atoms with Crippen LogP contribution in [-0.2, 0) is 11.3 Å². The summed E-state index contributed by atoms with van der Waals surface area (Å²) >= 11 is 0. The van der Waals surface area contributed by atoms with Gasteiger partial charge in [-0.2, -0.15) is 0 Å². The number of rotatable bonds is 6. The van der Waals surface area contributed by atoms with E-state index in [4.69, 9.17) is 4.98 Å². The van der Waals surface area contributed by atoms with Gasteiger partial charge in [0, 0.05) is 38.1 Å². The van der Waals surface area contributed by atoms with Crippen molar-refractivity contribution in [3.63, 3.8) is 0 Å². The molecular weight excluding hydrogens is 390 g/mol. The average Bonchev–Trinajstić information content (AvgIpc) is 3.11. The lowest BCUT2D eigenvalue weighted by Crippen LogP contribution is -2.32. The summed E-state index contributed by atoms with van der Waals surface area (Å²) in [5.41, 5.74) is 3.53. The zero-order valence-corrected chi connectivity index (χ0v) is 17.9. The number of benzene rings is 2. The third-order valence-electron chi connectivity index (χ3n) is 5.92. The van der Waals surface area contributed by atoms with Gasteiger partial charge in [-0.05, 0) is 30.9 Å². The Morgan fingerprint density at radius 1 is 1.06 bits per heavy atom. The summed E-state index contributed by atoms with van der Waals surface area (Å²) in [6, 6.07) is 17.9. The molecule has 1 atom stereocenters. The molecule has 0 saturated carbocycles. The first-order valence-corrected chi connectivity index (χ1v) is 10.6. The number of anilines is 1. The largest absolute Gasteiger partial charge is 0.396 e. The van der Waals surface area contributed by atoms with Crippen LogP contribution in [-0.4, -0.2) is 40.0 Å². The molecule has 1 amide bonds. The van der Waals surface area contributed by atoms with E-state index in [0.717, 1.165) is 16.7 Å². The Hall–Kier alpha value is -3.25. The SMILES string of the molecule is Cc1ccccc1-c1nc2c(n1Cc1ccccc1)C(=O)CC(CCCO)C(=O)N2C. The molecule has 6 nitrogen and oxygen atoms in total. The first kappa shape index (κ1) is 21.0. The highest BCUT2D eigenvalue weighted by Crippen LogP contribution is 2.35. The number of imidazole rings is 1. The molecule has 2 aromatic carbocycles. The number of ketones is 1. The van der Waals surface area contributed by atoms with Crippen molar-refractivity contribution in [3.8, 4) is 11.4 Å². The van der Waals surface area contributed by atoms with E-state index in [-0.39, 0.29) is 24.7 Å². The quantitative estimate of drug-likeness (QED) is 0.661. The highest BCUT2D eigenvalue weighted by molar-refractivity contribution is 6.09. The van der Waals surface area contributed by atoms with Crippen LogP contribution in [0.4, 0.5) is 5.82 Å². The number of nitrogens with zero attached hydrogens (tertiary/aromatic N) is 3. The molecule has 160 valence electrons. The van der Waals surface area contributed by atoms with Crippen molar-refractivity contribution in [1.29, 1.82) is 0 Å². The number of fused-ring (bicyclic) bond motifs is 1. The van der Waals surface area contributed by atoms with Gasteiger partial charge in [-0.1, -0.05) is 54.6 Å². The van der Waals surface area contributed by atoms with Crippen LogP contribution < -0.4 is 4.90 Å². The van der Waals surface area contributed by atoms with Crippen molar-refractivity contribution in [3.05, 3.63) is 71.4 Å². The molecule has 31 heavy (non-hydrogen) atoms. The van der Waals surface area contributed by atoms with Gasteiger partial charge < -0.3 is 9.67 Å². The van der Waals surface area contributed by atoms with Crippen LogP contribution >= 0.6 is 0 Å². The maximum absolute atomic E-state index is 13.4. The summed E-state index contributed by atoms with van der Waals surface area (Å²) in [7, 11) is 1.69. The molecule has 0 spiro atoms. The first-order chi connectivity index (χ1) is 15.0. The smallest absolute Gasteiger partial charge is 0.231 e. The molecule has 1 aliphatic heterocycles. The molecule has 2 heterocycles. The fourth-order valence-corrected chi connectivity index (χ4v) is 4.25. The van der Waals surface area contributed by atoms with Gasteiger partial charge in [-0.25, -0.2) is 4.98 Å². The third kappa shape index (κ3) is 4.03. The molecule has 0 fully saturated rings. The molecule has 0 aliphatic carbocycles. The van der Waals surface area contributed by atoms with E-state index in [1.807, 2.05) is 66.1 Å². The van der Waals surface area contributed by atoms with Crippen LogP contribution in [0.5, 0.6) is 0 Å². The molecular formula is C25H27N3O3. The maximum Gasteiger partial charge on any atom is 0.231 e. The van der Waals surface area contributed by atoms with E-state index in [2.05, 4.69) is 0 Å². The number of carbonyl (C=O) groups is 2. The Kier molecular flexibility index (Phi) is 6.00. The van der Waals surface area contributed by atoms with Crippen molar-refractivity contribution in [2.24, 2.45) is 5.92 Å². The van der Waals surface area contributed by atoms with Gasteiger partial charge in [0.1, 0.15) is 11.5 Å². The summed E-state index contributed by atoms with van der Waals surface area (Å²) in [5.74, 6) is 0.454. The number of carbonyl (C=O) groups excluding carboxylic acids is 2. The van der Waals surface area contributed by atoms with Crippen molar-refractivity contribution in [2.75, 3.05) is 18.6 Å². The van der Waals surface area contributed by atoms with Crippen LogP contribution in [0.25, 0.3) is 11.4 Å². The summed E-state index contributed by atoms with van der Waals surface area (Å²) < 4.78 is 1.95. The molecule has 6 heteroatoms. The van der Waals surface area contributed by atoms with Gasteiger partial charge in [-0.3, -0.25) is 14.5 Å². The van der Waals surface area contributed by atoms with Crippen LogP contribution in [0.2, 0.25) is 0 Å². The van der Waals surface area contributed by atoms with Gasteiger partial charge in [0.15, 0.2) is 11.6 Å². The number of aliphatic hydroxyl groups excluding tert-OH is 1. The second-order valence-corrected chi connectivity index (χ2v) is 8.08. The van der Waals surface area contributed by atoms with E-state index in [1.165, 1.54) is 4.90 Å². The lowest BCUT2D eigenvalue weighted by atomic mass is 9.96. The summed E-state index contributed by atoms with van der Waals surface area (Å²) in [5, 5.41) is 9.19. The van der Waals surface area contributed by atoms with E-state index in [9.17, 15) is 14.7 Å². The van der Waals surface area contributed by atoms with Crippen LogP contribution in [0.15, 0.2) is 54.6 Å². The number of amides is 1. The van der Waals surface area contributed by atoms with E-state index in [1.54, 1.807) is 7.05 Å². The Labute approximate surface area is 182 Å².